The second-order valence-corrected chi connectivity index (χ2v) is 5.43. The van der Waals surface area contributed by atoms with Crippen LogP contribution >= 0.6 is 0 Å². The summed E-state index contributed by atoms with van der Waals surface area (Å²) in [7, 11) is 0. The van der Waals surface area contributed by atoms with Crippen molar-refractivity contribution in [3.05, 3.63) is 65.7 Å². The lowest BCUT2D eigenvalue weighted by Gasteiger charge is -2.11. The normalized spacial score (nSPS) is 11.7. The van der Waals surface area contributed by atoms with Crippen LogP contribution in [0.25, 0.3) is 0 Å². The lowest BCUT2D eigenvalue weighted by molar-refractivity contribution is 0.508. The molecule has 1 atom stereocenters. The van der Waals surface area contributed by atoms with Gasteiger partial charge >= 0.3 is 0 Å². The van der Waals surface area contributed by atoms with E-state index in [0.717, 1.165) is 18.0 Å². The van der Waals surface area contributed by atoms with Crippen LogP contribution in [0.1, 0.15) is 38.3 Å². The number of aryl methyl sites for hydroxylation is 1. The maximum Gasteiger partial charge on any atom is 0.0314 e. The number of anilines is 1. The van der Waals surface area contributed by atoms with Crippen molar-refractivity contribution in [2.45, 2.75) is 40.0 Å². The minimum atomic E-state index is 0. The van der Waals surface area contributed by atoms with Gasteiger partial charge < -0.3 is 5.73 Å². The van der Waals surface area contributed by atoms with Crippen molar-refractivity contribution in [2.75, 3.05) is 5.73 Å². The standard InChI is InChI=1S/C18H23N.CH4/c1-15(14-17-10-12-18(19)13-11-17)6-5-9-16-7-3-2-4-8-16;/h2-4,7-8,10-13,15H,5-6,9,14,19H2,1H3;1H4. The van der Waals surface area contributed by atoms with Crippen LogP contribution in [0.3, 0.4) is 0 Å². The van der Waals surface area contributed by atoms with E-state index in [4.69, 9.17) is 5.73 Å². The third kappa shape index (κ3) is 5.48. The van der Waals surface area contributed by atoms with Crippen molar-refractivity contribution in [3.63, 3.8) is 0 Å². The van der Waals surface area contributed by atoms with Gasteiger partial charge in [0.25, 0.3) is 0 Å². The fourth-order valence-electron chi connectivity index (χ4n) is 2.46. The van der Waals surface area contributed by atoms with Crippen molar-refractivity contribution in [2.24, 2.45) is 5.92 Å². The fraction of sp³-hybridized carbons (Fsp3) is 0.368. The highest BCUT2D eigenvalue weighted by molar-refractivity contribution is 5.39. The second-order valence-electron chi connectivity index (χ2n) is 5.43. The molecule has 0 bridgehead atoms. The van der Waals surface area contributed by atoms with Crippen molar-refractivity contribution in [1.82, 2.24) is 0 Å². The van der Waals surface area contributed by atoms with Gasteiger partial charge in [0.15, 0.2) is 0 Å². The van der Waals surface area contributed by atoms with Crippen LogP contribution in [-0.4, -0.2) is 0 Å². The summed E-state index contributed by atoms with van der Waals surface area (Å²) in [5, 5.41) is 0. The summed E-state index contributed by atoms with van der Waals surface area (Å²) in [5.74, 6) is 0.729. The lowest BCUT2D eigenvalue weighted by Crippen LogP contribution is -2.01. The van der Waals surface area contributed by atoms with Crippen LogP contribution < -0.4 is 5.73 Å². The Balaban J connectivity index is 0.00000200. The molecule has 0 aromatic heterocycles. The molecule has 1 nitrogen and oxygen atoms in total. The van der Waals surface area contributed by atoms with Crippen LogP contribution in [0.4, 0.5) is 5.69 Å². The van der Waals surface area contributed by atoms with E-state index in [9.17, 15) is 0 Å². The Morgan fingerprint density at radius 3 is 2.20 bits per heavy atom. The first-order valence-corrected chi connectivity index (χ1v) is 7.12. The Hall–Kier alpha value is -1.76. The van der Waals surface area contributed by atoms with Crippen molar-refractivity contribution >= 4 is 5.69 Å². The minimum absolute atomic E-state index is 0. The summed E-state index contributed by atoms with van der Waals surface area (Å²) >= 11 is 0. The fourth-order valence-corrected chi connectivity index (χ4v) is 2.46. The highest BCUT2D eigenvalue weighted by Gasteiger charge is 2.04. The van der Waals surface area contributed by atoms with E-state index in [1.54, 1.807) is 0 Å². The van der Waals surface area contributed by atoms with Crippen LogP contribution in [0.5, 0.6) is 0 Å². The molecule has 0 amide bonds. The minimum Gasteiger partial charge on any atom is -0.399 e. The van der Waals surface area contributed by atoms with E-state index in [1.165, 1.54) is 30.4 Å². The van der Waals surface area contributed by atoms with Crippen molar-refractivity contribution in [3.8, 4) is 0 Å². The molecular formula is C19H27N. The molecule has 0 saturated carbocycles. The zero-order chi connectivity index (χ0) is 13.5. The van der Waals surface area contributed by atoms with E-state index in [1.807, 2.05) is 12.1 Å². The molecule has 2 aromatic rings. The average molecular weight is 269 g/mol. The Morgan fingerprint density at radius 2 is 1.55 bits per heavy atom. The molecule has 1 unspecified atom stereocenters. The van der Waals surface area contributed by atoms with Crippen LogP contribution in [-0.2, 0) is 12.8 Å². The molecule has 0 spiro atoms. The van der Waals surface area contributed by atoms with E-state index >= 15 is 0 Å². The molecule has 2 rings (SSSR count). The summed E-state index contributed by atoms with van der Waals surface area (Å²) in [6.07, 6.45) is 4.88. The molecule has 0 aliphatic carbocycles. The van der Waals surface area contributed by atoms with E-state index < -0.39 is 0 Å². The summed E-state index contributed by atoms with van der Waals surface area (Å²) in [6, 6.07) is 19.0. The van der Waals surface area contributed by atoms with Gasteiger partial charge in [-0.25, -0.2) is 0 Å². The van der Waals surface area contributed by atoms with Crippen molar-refractivity contribution < 1.29 is 0 Å². The molecular weight excluding hydrogens is 242 g/mol. The van der Waals surface area contributed by atoms with Gasteiger partial charge in [-0.05, 0) is 48.4 Å². The smallest absolute Gasteiger partial charge is 0.0314 e. The molecule has 0 saturated heterocycles. The van der Waals surface area contributed by atoms with Crippen LogP contribution in [0, 0.1) is 5.92 Å². The van der Waals surface area contributed by atoms with Crippen molar-refractivity contribution in [1.29, 1.82) is 0 Å². The maximum atomic E-state index is 5.70. The predicted molar refractivity (Wildman–Crippen MR) is 89.8 cm³/mol. The number of nitrogens with two attached hydrogens (primary N) is 1. The number of hydrogen-bond acceptors (Lipinski definition) is 1. The molecule has 0 aliphatic rings. The first-order valence-electron chi connectivity index (χ1n) is 7.12. The molecule has 0 radical (unpaired) electrons. The average Bonchev–Trinajstić information content (AvgIpc) is 2.43. The molecule has 0 heterocycles. The first-order chi connectivity index (χ1) is 9.24. The Morgan fingerprint density at radius 1 is 0.900 bits per heavy atom. The Bertz CT molecular complexity index is 473. The van der Waals surface area contributed by atoms with Crippen LogP contribution in [0.2, 0.25) is 0 Å². The number of nitrogen functional groups attached to an aromatic ring is 1. The van der Waals surface area contributed by atoms with E-state index in [2.05, 4.69) is 49.4 Å². The highest BCUT2D eigenvalue weighted by atomic mass is 14.5. The third-order valence-corrected chi connectivity index (χ3v) is 3.57. The van der Waals surface area contributed by atoms with Gasteiger partial charge in [0.05, 0.1) is 0 Å². The van der Waals surface area contributed by atoms with Gasteiger partial charge in [-0.1, -0.05) is 63.2 Å². The summed E-state index contributed by atoms with van der Waals surface area (Å²) in [5.41, 5.74) is 9.39. The first kappa shape index (κ1) is 16.3. The molecule has 2 N–H and O–H groups in total. The Labute approximate surface area is 123 Å². The third-order valence-electron chi connectivity index (χ3n) is 3.57. The SMILES string of the molecule is C.CC(CCCc1ccccc1)Cc1ccc(N)cc1. The number of rotatable bonds is 6. The molecule has 2 aromatic carbocycles. The van der Waals surface area contributed by atoms with Gasteiger partial charge in [-0.3, -0.25) is 0 Å². The Kier molecular flexibility index (Phi) is 6.86. The molecule has 0 aliphatic heterocycles. The number of hydrogen-bond donors (Lipinski definition) is 1. The zero-order valence-electron chi connectivity index (χ0n) is 11.7. The van der Waals surface area contributed by atoms with Gasteiger partial charge in [0, 0.05) is 5.69 Å². The summed E-state index contributed by atoms with van der Waals surface area (Å²) in [6.45, 7) is 2.33. The lowest BCUT2D eigenvalue weighted by atomic mass is 9.94. The topological polar surface area (TPSA) is 26.0 Å². The highest BCUT2D eigenvalue weighted by Crippen LogP contribution is 2.16. The van der Waals surface area contributed by atoms with Gasteiger partial charge in [0.2, 0.25) is 0 Å². The second kappa shape index (κ2) is 8.42. The molecule has 20 heavy (non-hydrogen) atoms. The summed E-state index contributed by atoms with van der Waals surface area (Å²) in [4.78, 5) is 0. The largest absolute Gasteiger partial charge is 0.399 e. The molecule has 108 valence electrons. The number of benzene rings is 2. The molecule has 1 heteroatoms. The van der Waals surface area contributed by atoms with Gasteiger partial charge in [0.1, 0.15) is 0 Å². The molecule has 0 fully saturated rings. The van der Waals surface area contributed by atoms with E-state index in [0.29, 0.717) is 0 Å². The van der Waals surface area contributed by atoms with E-state index in [-0.39, 0.29) is 7.43 Å². The zero-order valence-corrected chi connectivity index (χ0v) is 11.7. The summed E-state index contributed by atoms with van der Waals surface area (Å²) < 4.78 is 0. The maximum absolute atomic E-state index is 5.70. The monoisotopic (exact) mass is 269 g/mol. The van der Waals surface area contributed by atoms with Crippen LogP contribution in [0.15, 0.2) is 54.6 Å². The van der Waals surface area contributed by atoms with Gasteiger partial charge in [-0.15, -0.1) is 0 Å². The quantitative estimate of drug-likeness (QED) is 0.725. The van der Waals surface area contributed by atoms with Gasteiger partial charge in [-0.2, -0.15) is 0 Å². The predicted octanol–water partition coefficient (Wildman–Crippen LogP) is 5.11.